The van der Waals surface area contributed by atoms with Gasteiger partial charge in [-0.05, 0) is 51.2 Å². The van der Waals surface area contributed by atoms with Crippen molar-refractivity contribution in [3.8, 4) is 0 Å². The molecule has 0 saturated heterocycles. The summed E-state index contributed by atoms with van der Waals surface area (Å²) in [5, 5.41) is 7.21. The van der Waals surface area contributed by atoms with E-state index in [0.717, 1.165) is 53.9 Å². The van der Waals surface area contributed by atoms with Crippen LogP contribution < -0.4 is 5.32 Å². The molecule has 11 heteroatoms. The number of carbonyl (C=O) groups is 3. The molecule has 3 heterocycles. The number of fused-ring (bicyclic) bond motifs is 2. The number of nitrogens with one attached hydrogen (secondary N) is 1. The Morgan fingerprint density at radius 1 is 1.12 bits per heavy atom. The van der Waals surface area contributed by atoms with Crippen LogP contribution in [0.2, 0.25) is 0 Å². The molecule has 0 unspecified atom stereocenters. The highest BCUT2D eigenvalue weighted by atomic mass is 32.1. The molecule has 32 heavy (non-hydrogen) atoms. The molecule has 3 aromatic heterocycles. The van der Waals surface area contributed by atoms with Crippen molar-refractivity contribution in [3.05, 3.63) is 39.3 Å². The van der Waals surface area contributed by atoms with Gasteiger partial charge in [-0.15, -0.1) is 16.4 Å². The fourth-order valence-electron chi connectivity index (χ4n) is 3.76. The van der Waals surface area contributed by atoms with Crippen molar-refractivity contribution in [1.29, 1.82) is 0 Å². The molecule has 0 spiro atoms. The fourth-order valence-corrected chi connectivity index (χ4v) is 5.05. The van der Waals surface area contributed by atoms with E-state index in [2.05, 4.69) is 20.4 Å². The number of methoxy groups -OCH3 is 1. The van der Waals surface area contributed by atoms with E-state index in [1.54, 1.807) is 0 Å². The van der Waals surface area contributed by atoms with Crippen LogP contribution in [0.15, 0.2) is 6.07 Å². The van der Waals surface area contributed by atoms with E-state index in [9.17, 15) is 14.4 Å². The fraction of sp³-hybridized carbons (Fsp3) is 0.429. The van der Waals surface area contributed by atoms with Crippen molar-refractivity contribution in [2.75, 3.05) is 19.0 Å². The zero-order valence-corrected chi connectivity index (χ0v) is 18.9. The van der Waals surface area contributed by atoms with E-state index < -0.39 is 24.5 Å². The number of esters is 2. The molecule has 3 aromatic rings. The number of rotatable bonds is 5. The first-order valence-corrected chi connectivity index (χ1v) is 11.1. The molecule has 10 nitrogen and oxygen atoms in total. The van der Waals surface area contributed by atoms with E-state index in [1.807, 2.05) is 19.9 Å². The first-order chi connectivity index (χ1) is 15.4. The minimum Gasteiger partial charge on any atom is -0.465 e. The van der Waals surface area contributed by atoms with Crippen LogP contribution in [0.5, 0.6) is 0 Å². The number of aromatic nitrogens is 4. The molecular weight excluding hydrogens is 434 g/mol. The summed E-state index contributed by atoms with van der Waals surface area (Å²) in [6.45, 7) is 3.10. The maximum absolute atomic E-state index is 12.5. The minimum absolute atomic E-state index is 0.183. The number of hydrogen-bond donors (Lipinski definition) is 1. The lowest BCUT2D eigenvalue weighted by molar-refractivity contribution is -0.119. The monoisotopic (exact) mass is 457 g/mol. The molecule has 0 radical (unpaired) electrons. The highest BCUT2D eigenvalue weighted by Gasteiger charge is 2.26. The zero-order chi connectivity index (χ0) is 22.8. The third-order valence-corrected chi connectivity index (χ3v) is 6.41. The van der Waals surface area contributed by atoms with Gasteiger partial charge < -0.3 is 14.8 Å². The van der Waals surface area contributed by atoms with Gasteiger partial charge in [-0.1, -0.05) is 6.42 Å². The van der Waals surface area contributed by atoms with Crippen LogP contribution in [0.4, 0.5) is 5.00 Å². The molecule has 1 aliphatic carbocycles. The lowest BCUT2D eigenvalue weighted by atomic mass is 10.1. The third kappa shape index (κ3) is 4.33. The Balaban J connectivity index is 1.46. The van der Waals surface area contributed by atoms with E-state index in [1.165, 1.54) is 23.0 Å². The summed E-state index contributed by atoms with van der Waals surface area (Å²) in [5.74, 6) is -1.78. The van der Waals surface area contributed by atoms with Gasteiger partial charge in [0.25, 0.3) is 17.5 Å². The maximum atomic E-state index is 12.5. The third-order valence-electron chi connectivity index (χ3n) is 5.20. The summed E-state index contributed by atoms with van der Waals surface area (Å²) < 4.78 is 11.5. The van der Waals surface area contributed by atoms with Gasteiger partial charge in [0.2, 0.25) is 0 Å². The van der Waals surface area contributed by atoms with Crippen molar-refractivity contribution >= 4 is 40.0 Å². The quantitative estimate of drug-likeness (QED) is 0.458. The van der Waals surface area contributed by atoms with Crippen LogP contribution in [-0.2, 0) is 27.1 Å². The van der Waals surface area contributed by atoms with Crippen LogP contribution in [0.1, 0.15) is 62.1 Å². The number of nitrogens with zero attached hydrogens (tertiary/aromatic N) is 4. The number of ether oxygens (including phenoxy) is 2. The Bertz CT molecular complexity index is 1220. The van der Waals surface area contributed by atoms with Crippen molar-refractivity contribution in [2.45, 2.75) is 46.0 Å². The second-order valence-electron chi connectivity index (χ2n) is 7.57. The highest BCUT2D eigenvalue weighted by molar-refractivity contribution is 7.17. The smallest absolute Gasteiger partial charge is 0.378 e. The molecule has 0 fully saturated rings. The summed E-state index contributed by atoms with van der Waals surface area (Å²) in [5.41, 5.74) is 2.86. The molecule has 0 bridgehead atoms. The van der Waals surface area contributed by atoms with Crippen LogP contribution in [0, 0.1) is 13.8 Å². The zero-order valence-electron chi connectivity index (χ0n) is 18.1. The van der Waals surface area contributed by atoms with Gasteiger partial charge in [0, 0.05) is 16.3 Å². The molecule has 168 valence electrons. The molecule has 1 amide bonds. The second kappa shape index (κ2) is 9.03. The number of thiophene rings is 1. The molecule has 0 atom stereocenters. The van der Waals surface area contributed by atoms with Crippen LogP contribution in [-0.4, -0.2) is 51.1 Å². The molecule has 0 aromatic carbocycles. The van der Waals surface area contributed by atoms with E-state index in [0.29, 0.717) is 10.6 Å². The molecule has 1 N–H and O–H groups in total. The molecule has 4 rings (SSSR count). The Morgan fingerprint density at radius 2 is 1.91 bits per heavy atom. The van der Waals surface area contributed by atoms with Gasteiger partial charge >= 0.3 is 11.9 Å². The first kappa shape index (κ1) is 21.9. The molecule has 1 aliphatic rings. The summed E-state index contributed by atoms with van der Waals surface area (Å²) in [4.78, 5) is 46.6. The van der Waals surface area contributed by atoms with Crippen molar-refractivity contribution in [3.63, 3.8) is 0 Å². The lowest BCUT2D eigenvalue weighted by Crippen LogP contribution is -2.22. The van der Waals surface area contributed by atoms with E-state index in [4.69, 9.17) is 9.47 Å². The standard InChI is InChI=1S/C21H23N5O5S/c1-11-9-12(2)26-21(22-11)24-17(25-26)20(29)31-10-15(27)23-18-16(19(28)30-3)13-7-5-4-6-8-14(13)32-18/h9H,4-8,10H2,1-3H3,(H,23,27). The second-order valence-corrected chi connectivity index (χ2v) is 8.68. The van der Waals surface area contributed by atoms with Gasteiger partial charge in [0.1, 0.15) is 5.00 Å². The molecule has 0 aliphatic heterocycles. The van der Waals surface area contributed by atoms with Gasteiger partial charge in [0.05, 0.1) is 12.7 Å². The van der Waals surface area contributed by atoms with Gasteiger partial charge in [0.15, 0.2) is 6.61 Å². The summed E-state index contributed by atoms with van der Waals surface area (Å²) in [6, 6.07) is 1.81. The number of carbonyl (C=O) groups excluding carboxylic acids is 3. The molecular formula is C21H23N5O5S. The lowest BCUT2D eigenvalue weighted by Gasteiger charge is -2.07. The average molecular weight is 458 g/mol. The van der Waals surface area contributed by atoms with Gasteiger partial charge in [-0.2, -0.15) is 4.98 Å². The topological polar surface area (TPSA) is 125 Å². The van der Waals surface area contributed by atoms with Gasteiger partial charge in [-0.25, -0.2) is 19.1 Å². The minimum atomic E-state index is -0.835. The number of amides is 1. The predicted octanol–water partition coefficient (Wildman–Crippen LogP) is 2.65. The number of aryl methyl sites for hydroxylation is 3. The van der Waals surface area contributed by atoms with E-state index >= 15 is 0 Å². The van der Waals surface area contributed by atoms with Crippen LogP contribution in [0.25, 0.3) is 5.78 Å². The van der Waals surface area contributed by atoms with Gasteiger partial charge in [-0.3, -0.25) is 4.79 Å². The Morgan fingerprint density at radius 3 is 2.69 bits per heavy atom. The van der Waals surface area contributed by atoms with Crippen molar-refractivity contribution in [2.24, 2.45) is 0 Å². The maximum Gasteiger partial charge on any atom is 0.378 e. The van der Waals surface area contributed by atoms with Crippen molar-refractivity contribution < 1.29 is 23.9 Å². The first-order valence-electron chi connectivity index (χ1n) is 10.3. The predicted molar refractivity (Wildman–Crippen MR) is 116 cm³/mol. The summed E-state index contributed by atoms with van der Waals surface area (Å²) in [7, 11) is 1.32. The average Bonchev–Trinajstić information content (AvgIpc) is 3.25. The number of anilines is 1. The number of hydrogen-bond acceptors (Lipinski definition) is 9. The van der Waals surface area contributed by atoms with E-state index in [-0.39, 0.29) is 11.6 Å². The summed E-state index contributed by atoms with van der Waals surface area (Å²) in [6.07, 6.45) is 4.76. The highest BCUT2D eigenvalue weighted by Crippen LogP contribution is 2.37. The normalized spacial score (nSPS) is 13.3. The summed E-state index contributed by atoms with van der Waals surface area (Å²) >= 11 is 1.37. The Hall–Kier alpha value is -3.34. The van der Waals surface area contributed by atoms with Crippen LogP contribution in [0.3, 0.4) is 0 Å². The molecule has 0 saturated carbocycles. The SMILES string of the molecule is COC(=O)c1c(NC(=O)COC(=O)c2nc3nc(C)cc(C)n3n2)sc2c1CCCCC2. The van der Waals surface area contributed by atoms with Crippen LogP contribution >= 0.6 is 11.3 Å². The Labute approximate surface area is 188 Å². The van der Waals surface area contributed by atoms with Crippen molar-refractivity contribution in [1.82, 2.24) is 19.6 Å². The largest absolute Gasteiger partial charge is 0.465 e. The Kier molecular flexibility index (Phi) is 6.17.